The number of ether oxygens (including phenoxy) is 1. The van der Waals surface area contributed by atoms with Gasteiger partial charge in [0.05, 0.1) is 12.8 Å². The van der Waals surface area contributed by atoms with E-state index in [4.69, 9.17) is 4.74 Å². The van der Waals surface area contributed by atoms with Crippen molar-refractivity contribution in [2.75, 3.05) is 12.0 Å². The molecule has 0 saturated heterocycles. The van der Waals surface area contributed by atoms with E-state index in [1.54, 1.807) is 48.5 Å². The highest BCUT2D eigenvalue weighted by atomic mass is 16.5. The van der Waals surface area contributed by atoms with Crippen molar-refractivity contribution in [3.05, 3.63) is 89.0 Å². The number of anilines is 1. The predicted octanol–water partition coefficient (Wildman–Crippen LogP) is 4.44. The lowest BCUT2D eigenvalue weighted by atomic mass is 9.91. The van der Waals surface area contributed by atoms with Gasteiger partial charge in [-0.1, -0.05) is 36.4 Å². The molecule has 3 aromatic rings. The summed E-state index contributed by atoms with van der Waals surface area (Å²) in [5.41, 5.74) is 3.61. The maximum Gasteiger partial charge on any atom is 0.265 e. The maximum atomic E-state index is 13.4. The van der Waals surface area contributed by atoms with Crippen molar-refractivity contribution in [3.63, 3.8) is 0 Å². The number of benzene rings is 3. The number of fused-ring (bicyclic) bond motifs is 1. The summed E-state index contributed by atoms with van der Waals surface area (Å²) < 4.78 is 5.16. The van der Waals surface area contributed by atoms with E-state index in [-0.39, 0.29) is 11.7 Å². The molecular weight excluding hydrogens is 366 g/mol. The molecule has 2 amide bonds. The Labute approximate surface area is 168 Å². The SMILES string of the molecule is COc1cc(/C=C2/C(=O)N(c3cccc(C)c3)C(=O)c3ccccc32)ccc1O. The zero-order chi connectivity index (χ0) is 20.5. The van der Waals surface area contributed by atoms with Crippen molar-refractivity contribution in [1.29, 1.82) is 0 Å². The number of rotatable bonds is 3. The molecule has 1 aliphatic rings. The fourth-order valence-corrected chi connectivity index (χ4v) is 3.44. The number of nitrogens with zero attached hydrogens (tertiary/aromatic N) is 1. The first kappa shape index (κ1) is 18.5. The van der Waals surface area contributed by atoms with Crippen LogP contribution in [0.5, 0.6) is 11.5 Å². The Morgan fingerprint density at radius 3 is 2.38 bits per heavy atom. The summed E-state index contributed by atoms with van der Waals surface area (Å²) in [6.07, 6.45) is 1.71. The van der Waals surface area contributed by atoms with E-state index in [0.29, 0.717) is 33.7 Å². The third-order valence-corrected chi connectivity index (χ3v) is 4.86. The Morgan fingerprint density at radius 1 is 0.897 bits per heavy atom. The highest BCUT2D eigenvalue weighted by Crippen LogP contribution is 2.35. The number of carbonyl (C=O) groups is 2. The molecule has 144 valence electrons. The number of amides is 2. The molecule has 0 aromatic heterocycles. The quantitative estimate of drug-likeness (QED) is 0.535. The maximum absolute atomic E-state index is 13.4. The number of phenols is 1. The zero-order valence-corrected chi connectivity index (χ0v) is 16.0. The van der Waals surface area contributed by atoms with Crippen molar-refractivity contribution in [3.8, 4) is 11.5 Å². The summed E-state index contributed by atoms with van der Waals surface area (Å²) in [6, 6.07) is 19.2. The average molecular weight is 385 g/mol. The van der Waals surface area contributed by atoms with Crippen molar-refractivity contribution >= 4 is 29.2 Å². The predicted molar refractivity (Wildman–Crippen MR) is 112 cm³/mol. The summed E-state index contributed by atoms with van der Waals surface area (Å²) in [4.78, 5) is 27.7. The number of hydrogen-bond acceptors (Lipinski definition) is 4. The Hall–Kier alpha value is -3.86. The first-order valence-electron chi connectivity index (χ1n) is 9.13. The smallest absolute Gasteiger partial charge is 0.265 e. The molecule has 1 heterocycles. The minimum atomic E-state index is -0.397. The van der Waals surface area contributed by atoms with Crippen LogP contribution in [0.15, 0.2) is 66.7 Å². The summed E-state index contributed by atoms with van der Waals surface area (Å²) >= 11 is 0. The molecule has 1 N–H and O–H groups in total. The minimum Gasteiger partial charge on any atom is -0.504 e. The summed E-state index contributed by atoms with van der Waals surface area (Å²) in [5, 5.41) is 9.84. The molecule has 0 radical (unpaired) electrons. The number of phenolic OH excluding ortho intramolecular Hbond substituents is 1. The summed E-state index contributed by atoms with van der Waals surface area (Å²) in [6.45, 7) is 1.91. The highest BCUT2D eigenvalue weighted by Gasteiger charge is 2.35. The third-order valence-electron chi connectivity index (χ3n) is 4.86. The Bertz CT molecular complexity index is 1160. The van der Waals surface area contributed by atoms with Gasteiger partial charge in [-0.3, -0.25) is 9.59 Å². The largest absolute Gasteiger partial charge is 0.504 e. The number of carbonyl (C=O) groups excluding carboxylic acids is 2. The van der Waals surface area contributed by atoms with Crippen LogP contribution in [-0.4, -0.2) is 24.0 Å². The monoisotopic (exact) mass is 385 g/mol. The van der Waals surface area contributed by atoms with Crippen LogP contribution in [0.2, 0.25) is 0 Å². The molecular formula is C24H19NO4. The lowest BCUT2D eigenvalue weighted by molar-refractivity contribution is -0.112. The van der Waals surface area contributed by atoms with Crippen LogP contribution >= 0.6 is 0 Å². The van der Waals surface area contributed by atoms with E-state index in [1.165, 1.54) is 18.1 Å². The van der Waals surface area contributed by atoms with Crippen LogP contribution in [0, 0.1) is 6.92 Å². The fraction of sp³-hybridized carbons (Fsp3) is 0.0833. The molecule has 0 unspecified atom stereocenters. The lowest BCUT2D eigenvalue weighted by Gasteiger charge is -2.29. The standard InChI is InChI=1S/C24H19NO4/c1-15-6-5-7-17(12-15)25-23(27)19-9-4-3-8-18(19)20(24(25)28)13-16-10-11-21(26)22(14-16)29-2/h3-14,26H,1-2H3/b20-13+. The second-order valence-corrected chi connectivity index (χ2v) is 6.82. The number of imide groups is 1. The molecule has 0 atom stereocenters. The van der Waals surface area contributed by atoms with E-state index in [2.05, 4.69) is 0 Å². The Morgan fingerprint density at radius 2 is 1.66 bits per heavy atom. The first-order valence-corrected chi connectivity index (χ1v) is 9.13. The van der Waals surface area contributed by atoms with Crippen LogP contribution in [-0.2, 0) is 4.79 Å². The molecule has 0 saturated carbocycles. The second-order valence-electron chi connectivity index (χ2n) is 6.82. The van der Waals surface area contributed by atoms with Crippen molar-refractivity contribution in [2.24, 2.45) is 0 Å². The fourth-order valence-electron chi connectivity index (χ4n) is 3.44. The van der Waals surface area contributed by atoms with Gasteiger partial charge in [0.2, 0.25) is 0 Å². The van der Waals surface area contributed by atoms with Gasteiger partial charge < -0.3 is 9.84 Å². The highest BCUT2D eigenvalue weighted by molar-refractivity contribution is 6.43. The van der Waals surface area contributed by atoms with E-state index in [9.17, 15) is 14.7 Å². The number of hydrogen-bond donors (Lipinski definition) is 1. The van der Waals surface area contributed by atoms with Crippen LogP contribution in [0.3, 0.4) is 0 Å². The Balaban J connectivity index is 1.90. The number of aryl methyl sites for hydroxylation is 1. The number of methoxy groups -OCH3 is 1. The topological polar surface area (TPSA) is 66.8 Å². The van der Waals surface area contributed by atoms with Gasteiger partial charge in [0.25, 0.3) is 11.8 Å². The van der Waals surface area contributed by atoms with Crippen LogP contribution in [0.25, 0.3) is 11.6 Å². The van der Waals surface area contributed by atoms with E-state index >= 15 is 0 Å². The molecule has 0 spiro atoms. The third kappa shape index (κ3) is 3.27. The molecule has 0 bridgehead atoms. The van der Waals surface area contributed by atoms with Gasteiger partial charge in [0.1, 0.15) is 0 Å². The van der Waals surface area contributed by atoms with Crippen molar-refractivity contribution < 1.29 is 19.4 Å². The van der Waals surface area contributed by atoms with Crippen molar-refractivity contribution in [1.82, 2.24) is 0 Å². The Kier molecular flexibility index (Phi) is 4.64. The molecule has 5 heteroatoms. The molecule has 29 heavy (non-hydrogen) atoms. The van der Waals surface area contributed by atoms with Gasteiger partial charge in [0.15, 0.2) is 11.5 Å². The summed E-state index contributed by atoms with van der Waals surface area (Å²) in [7, 11) is 1.46. The minimum absolute atomic E-state index is 0.0154. The normalized spacial score (nSPS) is 14.8. The zero-order valence-electron chi connectivity index (χ0n) is 16.0. The first-order chi connectivity index (χ1) is 14.0. The number of aromatic hydroxyl groups is 1. The molecule has 0 aliphatic carbocycles. The van der Waals surface area contributed by atoms with Gasteiger partial charge in [-0.05, 0) is 60.0 Å². The molecule has 0 fully saturated rings. The van der Waals surface area contributed by atoms with Gasteiger partial charge in [-0.2, -0.15) is 0 Å². The van der Waals surface area contributed by atoms with Crippen LogP contribution in [0.1, 0.15) is 27.0 Å². The van der Waals surface area contributed by atoms with E-state index < -0.39 is 5.91 Å². The van der Waals surface area contributed by atoms with Gasteiger partial charge in [-0.15, -0.1) is 0 Å². The molecule has 1 aliphatic heterocycles. The molecule has 4 rings (SSSR count). The van der Waals surface area contributed by atoms with Crippen LogP contribution < -0.4 is 9.64 Å². The van der Waals surface area contributed by atoms with Crippen LogP contribution in [0.4, 0.5) is 5.69 Å². The lowest BCUT2D eigenvalue weighted by Crippen LogP contribution is -2.41. The molecule has 5 nitrogen and oxygen atoms in total. The van der Waals surface area contributed by atoms with Crippen molar-refractivity contribution in [2.45, 2.75) is 6.92 Å². The summed E-state index contributed by atoms with van der Waals surface area (Å²) in [5.74, 6) is -0.424. The van der Waals surface area contributed by atoms with E-state index in [1.807, 2.05) is 25.1 Å². The van der Waals surface area contributed by atoms with Gasteiger partial charge >= 0.3 is 0 Å². The van der Waals surface area contributed by atoms with Gasteiger partial charge in [-0.25, -0.2) is 4.90 Å². The average Bonchev–Trinajstić information content (AvgIpc) is 2.72. The second kappa shape index (κ2) is 7.28. The van der Waals surface area contributed by atoms with Gasteiger partial charge in [0, 0.05) is 11.1 Å². The molecule has 3 aromatic carbocycles. The van der Waals surface area contributed by atoms with E-state index in [0.717, 1.165) is 5.56 Å².